The summed E-state index contributed by atoms with van der Waals surface area (Å²) in [5, 5.41) is 0. The zero-order valence-electron chi connectivity index (χ0n) is 14.7. The van der Waals surface area contributed by atoms with Crippen LogP contribution in [0, 0.1) is 0 Å². The van der Waals surface area contributed by atoms with Crippen LogP contribution >= 0.6 is 0 Å². The minimum atomic E-state index is -0.713. The van der Waals surface area contributed by atoms with Gasteiger partial charge in [-0.05, 0) is 0 Å². The fourth-order valence-electron chi connectivity index (χ4n) is 3.60. The summed E-state index contributed by atoms with van der Waals surface area (Å²) >= 11 is -0.713. The quantitative estimate of drug-likeness (QED) is 0.604. The van der Waals surface area contributed by atoms with E-state index in [1.165, 1.54) is 17.7 Å². The number of nitrogens with zero attached hydrogens (tertiary/aromatic N) is 1. The minimum absolute atomic E-state index is 0. The third-order valence-corrected chi connectivity index (χ3v) is 9.64. The van der Waals surface area contributed by atoms with Crippen molar-refractivity contribution in [3.05, 3.63) is 79.9 Å². The molecule has 0 spiro atoms. The van der Waals surface area contributed by atoms with Crippen LogP contribution in [-0.2, 0) is 23.2 Å². The van der Waals surface area contributed by atoms with Gasteiger partial charge >= 0.3 is 150 Å². The molecule has 1 nitrogen and oxygen atoms in total. The predicted octanol–water partition coefficient (Wildman–Crippen LogP) is -0.354. The van der Waals surface area contributed by atoms with Crippen LogP contribution in [-0.4, -0.2) is 4.57 Å². The molecule has 0 fully saturated rings. The van der Waals surface area contributed by atoms with E-state index < -0.39 is 23.2 Å². The summed E-state index contributed by atoms with van der Waals surface area (Å²) in [4.78, 5) is 0. The SMILES string of the molecule is CC1=C(C)C(C)=[C]([Zr+2][CH]2C(n3cccc3)=Cc3ccccc32)C1.[Cl-].[Cl-]. The second-order valence-corrected chi connectivity index (χ2v) is 10.2. The van der Waals surface area contributed by atoms with Crippen LogP contribution in [0.5, 0.6) is 0 Å². The minimum Gasteiger partial charge on any atom is -1.00 e. The van der Waals surface area contributed by atoms with Gasteiger partial charge in [-0.2, -0.15) is 0 Å². The molecule has 1 atom stereocenters. The maximum atomic E-state index is 2.40. The van der Waals surface area contributed by atoms with Crippen LogP contribution in [0.2, 0.25) is 0 Å². The predicted molar refractivity (Wildman–Crippen MR) is 93.5 cm³/mol. The molecule has 0 radical (unpaired) electrons. The Labute approximate surface area is 174 Å². The molecule has 1 unspecified atom stereocenters. The standard InChI is InChI=1S/C13H10N.C8H11.2ClH.Zr/c1-2-6-12-10-13(9-11(12)5-1)14-7-3-4-8-14;1-6-4-5-7(2)8(6)3;;;/h1-10H;4H2,1-3H3;2*1H;/q;;;;+2/p-2. The van der Waals surface area contributed by atoms with Crippen molar-refractivity contribution in [2.24, 2.45) is 0 Å². The summed E-state index contributed by atoms with van der Waals surface area (Å²) in [6.07, 6.45) is 8.00. The van der Waals surface area contributed by atoms with E-state index in [0.29, 0.717) is 3.63 Å². The number of hydrogen-bond acceptors (Lipinski definition) is 0. The Kier molecular flexibility index (Phi) is 6.76. The second kappa shape index (κ2) is 8.25. The molecule has 2 aliphatic rings. The van der Waals surface area contributed by atoms with E-state index in [2.05, 4.69) is 80.2 Å². The van der Waals surface area contributed by atoms with E-state index in [9.17, 15) is 0 Å². The smallest absolute Gasteiger partial charge is 1.00 e. The van der Waals surface area contributed by atoms with Crippen molar-refractivity contribution in [1.29, 1.82) is 0 Å². The monoisotopic (exact) mass is 447 g/mol. The molecule has 0 N–H and O–H groups in total. The normalized spacial score (nSPS) is 18.4. The van der Waals surface area contributed by atoms with Crippen molar-refractivity contribution in [1.82, 2.24) is 4.57 Å². The Hall–Kier alpha value is -0.817. The van der Waals surface area contributed by atoms with Gasteiger partial charge in [0.25, 0.3) is 0 Å². The van der Waals surface area contributed by atoms with Crippen molar-refractivity contribution in [2.75, 3.05) is 0 Å². The molecule has 25 heavy (non-hydrogen) atoms. The molecular formula is C21H21Cl2NZr. The summed E-state index contributed by atoms with van der Waals surface area (Å²) in [5.74, 6) is 0. The largest absolute Gasteiger partial charge is 1.00 e. The zero-order chi connectivity index (χ0) is 16.0. The first-order chi connectivity index (χ1) is 11.1. The molecule has 0 aliphatic heterocycles. The second-order valence-electron chi connectivity index (χ2n) is 6.55. The Balaban J connectivity index is 0.00000113. The first-order valence-corrected chi connectivity index (χ1v) is 10.9. The van der Waals surface area contributed by atoms with Crippen molar-refractivity contribution in [2.45, 2.75) is 30.8 Å². The van der Waals surface area contributed by atoms with Crippen LogP contribution in [0.1, 0.15) is 41.9 Å². The summed E-state index contributed by atoms with van der Waals surface area (Å²) in [6.45, 7) is 6.93. The maximum Gasteiger partial charge on any atom is -1.00 e. The molecule has 1 heterocycles. The number of rotatable bonds is 3. The molecule has 2 aliphatic carbocycles. The van der Waals surface area contributed by atoms with Crippen molar-refractivity contribution < 1.29 is 48.0 Å². The summed E-state index contributed by atoms with van der Waals surface area (Å²) < 4.78 is 4.73. The molecule has 0 bridgehead atoms. The molecule has 1 aromatic carbocycles. The Morgan fingerprint density at radius 3 is 2.24 bits per heavy atom. The molecule has 1 aromatic heterocycles. The van der Waals surface area contributed by atoms with Gasteiger partial charge in [-0.25, -0.2) is 0 Å². The maximum absolute atomic E-state index is 2.40. The van der Waals surface area contributed by atoms with Gasteiger partial charge in [0.1, 0.15) is 0 Å². The topological polar surface area (TPSA) is 4.93 Å². The molecule has 0 amide bonds. The summed E-state index contributed by atoms with van der Waals surface area (Å²) in [5.41, 5.74) is 9.15. The number of aromatic nitrogens is 1. The molecule has 2 aromatic rings. The van der Waals surface area contributed by atoms with Gasteiger partial charge in [-0.3, -0.25) is 0 Å². The third kappa shape index (κ3) is 3.68. The fraction of sp³-hybridized carbons (Fsp3) is 0.238. The van der Waals surface area contributed by atoms with Crippen LogP contribution in [0.3, 0.4) is 0 Å². The van der Waals surface area contributed by atoms with E-state index >= 15 is 0 Å². The number of hydrogen-bond donors (Lipinski definition) is 0. The first kappa shape index (κ1) is 20.5. The van der Waals surface area contributed by atoms with Gasteiger partial charge in [-0.1, -0.05) is 0 Å². The van der Waals surface area contributed by atoms with Crippen LogP contribution in [0.25, 0.3) is 11.8 Å². The van der Waals surface area contributed by atoms with E-state index in [1.54, 1.807) is 25.6 Å². The third-order valence-electron chi connectivity index (χ3n) is 5.22. The van der Waals surface area contributed by atoms with Gasteiger partial charge < -0.3 is 24.8 Å². The van der Waals surface area contributed by atoms with Gasteiger partial charge in [0.15, 0.2) is 0 Å². The zero-order valence-corrected chi connectivity index (χ0v) is 18.7. The molecule has 128 valence electrons. The first-order valence-electron chi connectivity index (χ1n) is 8.22. The Morgan fingerprint density at radius 1 is 0.920 bits per heavy atom. The van der Waals surface area contributed by atoms with E-state index in [4.69, 9.17) is 0 Å². The van der Waals surface area contributed by atoms with Crippen molar-refractivity contribution >= 4 is 11.8 Å². The summed E-state index contributed by atoms with van der Waals surface area (Å²) in [7, 11) is 0. The molecule has 4 rings (SSSR count). The van der Waals surface area contributed by atoms with E-state index in [1.807, 2.05) is 0 Å². The van der Waals surface area contributed by atoms with Crippen molar-refractivity contribution in [3.63, 3.8) is 0 Å². The van der Waals surface area contributed by atoms with Crippen LogP contribution in [0.15, 0.2) is 68.8 Å². The Morgan fingerprint density at radius 2 is 1.60 bits per heavy atom. The van der Waals surface area contributed by atoms with E-state index in [-0.39, 0.29) is 24.8 Å². The van der Waals surface area contributed by atoms with Crippen LogP contribution in [0.4, 0.5) is 0 Å². The molecule has 4 heteroatoms. The number of halogens is 2. The Bertz CT molecular complexity index is 860. The molecule has 0 saturated carbocycles. The van der Waals surface area contributed by atoms with Crippen LogP contribution < -0.4 is 24.8 Å². The van der Waals surface area contributed by atoms with Gasteiger partial charge in [0.2, 0.25) is 0 Å². The number of benzene rings is 1. The fourth-order valence-corrected chi connectivity index (χ4v) is 8.31. The summed E-state index contributed by atoms with van der Waals surface area (Å²) in [6, 6.07) is 13.2. The average Bonchev–Trinajstić information content (AvgIpc) is 3.25. The van der Waals surface area contributed by atoms with Gasteiger partial charge in [0, 0.05) is 0 Å². The number of allylic oxidation sites excluding steroid dienone is 5. The van der Waals surface area contributed by atoms with Gasteiger partial charge in [-0.15, -0.1) is 0 Å². The molecular weight excluding hydrogens is 428 g/mol. The van der Waals surface area contributed by atoms with Gasteiger partial charge in [0.05, 0.1) is 0 Å². The average molecular weight is 450 g/mol. The molecule has 0 saturated heterocycles. The number of fused-ring (bicyclic) bond motifs is 1. The van der Waals surface area contributed by atoms with Crippen molar-refractivity contribution in [3.8, 4) is 0 Å². The van der Waals surface area contributed by atoms with E-state index in [0.717, 1.165) is 0 Å².